The number of nitrogens with zero attached hydrogens (tertiary/aromatic N) is 4. The molecule has 2 aromatic rings. The molecule has 19 heavy (non-hydrogen) atoms. The third-order valence-electron chi connectivity index (χ3n) is 2.70. The van der Waals surface area contributed by atoms with Gasteiger partial charge in [-0.2, -0.15) is 4.98 Å². The van der Waals surface area contributed by atoms with Gasteiger partial charge in [0.05, 0.1) is 6.33 Å². The van der Waals surface area contributed by atoms with Crippen molar-refractivity contribution in [3.05, 3.63) is 31.0 Å². The number of hydrogen-bond donors (Lipinski definition) is 2. The van der Waals surface area contributed by atoms with Gasteiger partial charge in [-0.15, -0.1) is 0 Å². The average Bonchev–Trinajstić information content (AvgIpc) is 2.92. The van der Waals surface area contributed by atoms with Crippen molar-refractivity contribution < 1.29 is 0 Å². The number of unbranched alkanes of at least 4 members (excludes halogenated alkanes) is 1. The first kappa shape index (κ1) is 13.3. The van der Waals surface area contributed by atoms with Crippen LogP contribution < -0.4 is 10.6 Å². The second-order valence-electron chi connectivity index (χ2n) is 4.23. The molecular weight excluding hydrogens is 240 g/mol. The Balaban J connectivity index is 1.66. The van der Waals surface area contributed by atoms with Crippen LogP contribution in [-0.2, 0) is 6.54 Å². The SMILES string of the molecule is CCNc1nccc(NCCCCn2ccnc2)n1. The monoisotopic (exact) mass is 260 g/mol. The van der Waals surface area contributed by atoms with Gasteiger partial charge in [0.15, 0.2) is 0 Å². The van der Waals surface area contributed by atoms with Gasteiger partial charge in [-0.05, 0) is 25.8 Å². The van der Waals surface area contributed by atoms with Crippen molar-refractivity contribution in [3.63, 3.8) is 0 Å². The van der Waals surface area contributed by atoms with Crippen LogP contribution >= 0.6 is 0 Å². The third-order valence-corrected chi connectivity index (χ3v) is 2.70. The number of aromatic nitrogens is 4. The topological polar surface area (TPSA) is 67.7 Å². The zero-order valence-corrected chi connectivity index (χ0v) is 11.2. The van der Waals surface area contributed by atoms with Crippen molar-refractivity contribution in [2.75, 3.05) is 23.7 Å². The third kappa shape index (κ3) is 4.57. The fourth-order valence-corrected chi connectivity index (χ4v) is 1.76. The van der Waals surface area contributed by atoms with Crippen molar-refractivity contribution in [2.45, 2.75) is 26.3 Å². The Kier molecular flexibility index (Phi) is 5.16. The lowest BCUT2D eigenvalue weighted by atomic mass is 10.3. The van der Waals surface area contributed by atoms with E-state index >= 15 is 0 Å². The summed E-state index contributed by atoms with van der Waals surface area (Å²) < 4.78 is 2.09. The van der Waals surface area contributed by atoms with Gasteiger partial charge in [0.2, 0.25) is 5.95 Å². The summed E-state index contributed by atoms with van der Waals surface area (Å²) in [5.41, 5.74) is 0. The summed E-state index contributed by atoms with van der Waals surface area (Å²) in [5, 5.41) is 6.40. The van der Waals surface area contributed by atoms with Gasteiger partial charge in [-0.3, -0.25) is 0 Å². The molecule has 2 N–H and O–H groups in total. The first-order valence-electron chi connectivity index (χ1n) is 6.65. The largest absolute Gasteiger partial charge is 0.370 e. The van der Waals surface area contributed by atoms with Crippen molar-refractivity contribution in [1.29, 1.82) is 0 Å². The molecule has 102 valence electrons. The highest BCUT2D eigenvalue weighted by atomic mass is 15.1. The van der Waals surface area contributed by atoms with Crippen molar-refractivity contribution in [3.8, 4) is 0 Å². The molecule has 0 bridgehead atoms. The van der Waals surface area contributed by atoms with E-state index in [4.69, 9.17) is 0 Å². The van der Waals surface area contributed by atoms with E-state index in [0.717, 1.165) is 38.3 Å². The summed E-state index contributed by atoms with van der Waals surface area (Å²) in [6.45, 7) is 4.78. The molecule has 0 aliphatic heterocycles. The highest BCUT2D eigenvalue weighted by molar-refractivity contribution is 5.39. The smallest absolute Gasteiger partial charge is 0.224 e. The minimum atomic E-state index is 0.672. The molecule has 0 atom stereocenters. The van der Waals surface area contributed by atoms with Gasteiger partial charge in [-0.1, -0.05) is 0 Å². The lowest BCUT2D eigenvalue weighted by Gasteiger charge is -2.07. The van der Waals surface area contributed by atoms with E-state index in [-0.39, 0.29) is 0 Å². The van der Waals surface area contributed by atoms with E-state index in [1.807, 2.05) is 25.5 Å². The van der Waals surface area contributed by atoms with Crippen LogP contribution in [0.25, 0.3) is 0 Å². The molecular formula is C13H20N6. The van der Waals surface area contributed by atoms with Crippen LogP contribution in [-0.4, -0.2) is 32.6 Å². The normalized spacial score (nSPS) is 10.4. The quantitative estimate of drug-likeness (QED) is 0.711. The number of rotatable bonds is 8. The molecule has 2 rings (SSSR count). The van der Waals surface area contributed by atoms with Crippen LogP contribution in [0.1, 0.15) is 19.8 Å². The first-order valence-corrected chi connectivity index (χ1v) is 6.65. The molecule has 0 unspecified atom stereocenters. The second kappa shape index (κ2) is 7.35. The number of imidazole rings is 1. The fourth-order valence-electron chi connectivity index (χ4n) is 1.76. The molecule has 0 aromatic carbocycles. The molecule has 0 radical (unpaired) electrons. The fraction of sp³-hybridized carbons (Fsp3) is 0.462. The Morgan fingerprint density at radius 2 is 2.16 bits per heavy atom. The second-order valence-corrected chi connectivity index (χ2v) is 4.23. The van der Waals surface area contributed by atoms with Crippen molar-refractivity contribution in [1.82, 2.24) is 19.5 Å². The van der Waals surface area contributed by atoms with E-state index in [1.165, 1.54) is 0 Å². The summed E-state index contributed by atoms with van der Waals surface area (Å²) in [6, 6.07) is 1.89. The minimum Gasteiger partial charge on any atom is -0.370 e. The average molecular weight is 260 g/mol. The molecule has 0 amide bonds. The molecule has 2 heterocycles. The zero-order valence-electron chi connectivity index (χ0n) is 11.2. The van der Waals surface area contributed by atoms with Gasteiger partial charge >= 0.3 is 0 Å². The van der Waals surface area contributed by atoms with Crippen LogP contribution in [0.3, 0.4) is 0 Å². The number of nitrogens with one attached hydrogen (secondary N) is 2. The molecule has 6 heteroatoms. The van der Waals surface area contributed by atoms with Gasteiger partial charge in [0.25, 0.3) is 0 Å². The highest BCUT2D eigenvalue weighted by Gasteiger charge is 1.97. The summed E-state index contributed by atoms with van der Waals surface area (Å²) >= 11 is 0. The molecule has 0 aliphatic rings. The Morgan fingerprint density at radius 1 is 1.21 bits per heavy atom. The molecule has 0 saturated heterocycles. The summed E-state index contributed by atoms with van der Waals surface area (Å²) in [7, 11) is 0. The minimum absolute atomic E-state index is 0.672. The number of hydrogen-bond acceptors (Lipinski definition) is 5. The lowest BCUT2D eigenvalue weighted by molar-refractivity contribution is 0.620. The molecule has 0 aliphatic carbocycles. The van der Waals surface area contributed by atoms with Crippen LogP contribution in [0.2, 0.25) is 0 Å². The zero-order chi connectivity index (χ0) is 13.3. The lowest BCUT2D eigenvalue weighted by Crippen LogP contribution is -2.07. The van der Waals surface area contributed by atoms with Gasteiger partial charge in [0, 0.05) is 38.2 Å². The number of anilines is 2. The van der Waals surface area contributed by atoms with Gasteiger partial charge in [0.1, 0.15) is 5.82 Å². The van der Waals surface area contributed by atoms with Crippen LogP contribution in [0.15, 0.2) is 31.0 Å². The first-order chi connectivity index (χ1) is 9.38. The summed E-state index contributed by atoms with van der Waals surface area (Å²) in [6.07, 6.45) is 9.62. The Labute approximate surface area is 113 Å². The van der Waals surface area contributed by atoms with E-state index in [1.54, 1.807) is 12.4 Å². The number of aryl methyl sites for hydroxylation is 1. The Hall–Kier alpha value is -2.11. The maximum atomic E-state index is 4.36. The van der Waals surface area contributed by atoms with E-state index < -0.39 is 0 Å². The highest BCUT2D eigenvalue weighted by Crippen LogP contribution is 2.05. The van der Waals surface area contributed by atoms with Crippen LogP contribution in [0.5, 0.6) is 0 Å². The van der Waals surface area contributed by atoms with Gasteiger partial charge in [-0.25, -0.2) is 9.97 Å². The maximum absolute atomic E-state index is 4.36. The maximum Gasteiger partial charge on any atom is 0.224 e. The molecule has 2 aromatic heterocycles. The standard InChI is InChI=1S/C13H20N6/c1-2-15-13-17-7-5-12(18-13)16-6-3-4-9-19-10-8-14-11-19/h5,7-8,10-11H,2-4,6,9H2,1H3,(H2,15,16,17,18). The van der Waals surface area contributed by atoms with E-state index in [2.05, 4.69) is 30.2 Å². The van der Waals surface area contributed by atoms with E-state index in [9.17, 15) is 0 Å². The van der Waals surface area contributed by atoms with Crippen LogP contribution in [0, 0.1) is 0 Å². The molecule has 0 saturated carbocycles. The Bertz CT molecular complexity index is 468. The van der Waals surface area contributed by atoms with Crippen molar-refractivity contribution in [2.24, 2.45) is 0 Å². The van der Waals surface area contributed by atoms with E-state index in [0.29, 0.717) is 5.95 Å². The molecule has 0 fully saturated rings. The van der Waals surface area contributed by atoms with Gasteiger partial charge < -0.3 is 15.2 Å². The summed E-state index contributed by atoms with van der Waals surface area (Å²) in [4.78, 5) is 12.5. The Morgan fingerprint density at radius 3 is 2.95 bits per heavy atom. The summed E-state index contributed by atoms with van der Waals surface area (Å²) in [5.74, 6) is 1.54. The van der Waals surface area contributed by atoms with Crippen LogP contribution in [0.4, 0.5) is 11.8 Å². The van der Waals surface area contributed by atoms with Crippen molar-refractivity contribution >= 4 is 11.8 Å². The molecule has 0 spiro atoms. The predicted molar refractivity (Wildman–Crippen MR) is 76.1 cm³/mol. The predicted octanol–water partition coefficient (Wildman–Crippen LogP) is 2.00. The molecule has 6 nitrogen and oxygen atoms in total.